The van der Waals surface area contributed by atoms with Crippen molar-refractivity contribution < 1.29 is 14.1 Å². The molecular formula is C19H18N4O4. The molecule has 1 N–H and O–H groups in total. The fraction of sp³-hybridized carbons (Fsp3) is 0.158. The lowest BCUT2D eigenvalue weighted by Crippen LogP contribution is -2.17. The second-order valence-electron chi connectivity index (χ2n) is 6.00. The summed E-state index contributed by atoms with van der Waals surface area (Å²) in [5.74, 6) is 0.414. The zero-order valence-corrected chi connectivity index (χ0v) is 14.9. The van der Waals surface area contributed by atoms with Gasteiger partial charge in [-0.05, 0) is 44.2 Å². The number of nitrogens with one attached hydrogen (secondary N) is 1. The summed E-state index contributed by atoms with van der Waals surface area (Å²) in [7, 11) is 0. The number of carbonyl (C=O) groups excluding carboxylic acids is 1. The second kappa shape index (κ2) is 7.69. The van der Waals surface area contributed by atoms with Crippen LogP contribution in [0.15, 0.2) is 58.2 Å². The van der Waals surface area contributed by atoms with Gasteiger partial charge in [-0.25, -0.2) is 5.43 Å². The van der Waals surface area contributed by atoms with Gasteiger partial charge in [-0.3, -0.25) is 14.9 Å². The molecule has 2 heterocycles. The number of amides is 1. The van der Waals surface area contributed by atoms with Crippen molar-refractivity contribution in [3.05, 3.63) is 87.1 Å². The molecule has 0 fully saturated rings. The first-order valence-corrected chi connectivity index (χ1v) is 8.22. The quantitative estimate of drug-likeness (QED) is 0.410. The maximum atomic E-state index is 12.1. The number of hydrogen-bond acceptors (Lipinski definition) is 5. The van der Waals surface area contributed by atoms with Crippen LogP contribution in [0, 0.1) is 24.0 Å². The Morgan fingerprint density at radius 2 is 2.04 bits per heavy atom. The number of hydrogen-bond donors (Lipinski definition) is 1. The van der Waals surface area contributed by atoms with Gasteiger partial charge in [-0.15, -0.1) is 0 Å². The molecule has 1 aromatic carbocycles. The predicted molar refractivity (Wildman–Crippen MR) is 99.9 cm³/mol. The van der Waals surface area contributed by atoms with Gasteiger partial charge in [0.05, 0.1) is 23.9 Å². The van der Waals surface area contributed by atoms with Crippen LogP contribution in [0.2, 0.25) is 0 Å². The molecule has 3 aromatic rings. The number of nitro groups is 1. The number of nitrogens with zero attached hydrogens (tertiary/aromatic N) is 3. The summed E-state index contributed by atoms with van der Waals surface area (Å²) < 4.78 is 7.48. The second-order valence-corrected chi connectivity index (χ2v) is 6.00. The fourth-order valence-corrected chi connectivity index (χ4v) is 2.72. The van der Waals surface area contributed by atoms with E-state index in [2.05, 4.69) is 15.1 Å². The first-order chi connectivity index (χ1) is 13.0. The minimum absolute atomic E-state index is 0.0703. The van der Waals surface area contributed by atoms with E-state index in [1.54, 1.807) is 12.5 Å². The van der Waals surface area contributed by atoms with Crippen LogP contribution in [-0.2, 0) is 6.54 Å². The number of benzene rings is 1. The Morgan fingerprint density at radius 1 is 1.30 bits per heavy atom. The molecule has 0 saturated carbocycles. The third-order valence-corrected chi connectivity index (χ3v) is 4.22. The Bertz CT molecular complexity index is 986. The van der Waals surface area contributed by atoms with Gasteiger partial charge in [0.2, 0.25) is 0 Å². The standard InChI is InChI=1S/C19H18N4O4/c1-13-10-16(14(2)22(13)12-18-4-3-9-27-18)11-20-21-19(24)15-5-7-17(8-6-15)23(25)26/h3-11H,12H2,1-2H3,(H,21,24)/b20-11-. The number of nitro benzene ring substituents is 1. The number of furan rings is 1. The van der Waals surface area contributed by atoms with Crippen molar-refractivity contribution >= 4 is 17.8 Å². The van der Waals surface area contributed by atoms with Crippen LogP contribution in [0.4, 0.5) is 5.69 Å². The predicted octanol–water partition coefficient (Wildman–Crippen LogP) is 3.42. The first-order valence-electron chi connectivity index (χ1n) is 8.22. The number of carbonyl (C=O) groups is 1. The monoisotopic (exact) mass is 366 g/mol. The minimum atomic E-state index is -0.516. The van der Waals surface area contributed by atoms with E-state index in [9.17, 15) is 14.9 Å². The van der Waals surface area contributed by atoms with Crippen LogP contribution < -0.4 is 5.43 Å². The SMILES string of the molecule is Cc1cc(/C=N\NC(=O)c2ccc([N+](=O)[O-])cc2)c(C)n1Cc1ccco1. The number of hydrazone groups is 1. The molecule has 0 aliphatic carbocycles. The zero-order chi connectivity index (χ0) is 19.4. The molecule has 0 radical (unpaired) electrons. The molecule has 1 amide bonds. The molecule has 0 spiro atoms. The topological polar surface area (TPSA) is 103 Å². The van der Waals surface area contributed by atoms with Crippen LogP contribution in [0.25, 0.3) is 0 Å². The average Bonchev–Trinajstić information content (AvgIpc) is 3.26. The maximum absolute atomic E-state index is 12.1. The van der Waals surface area contributed by atoms with Gasteiger partial charge in [0, 0.05) is 34.6 Å². The normalized spacial score (nSPS) is 11.0. The van der Waals surface area contributed by atoms with Gasteiger partial charge in [0.15, 0.2) is 0 Å². The average molecular weight is 366 g/mol. The van der Waals surface area contributed by atoms with E-state index >= 15 is 0 Å². The van der Waals surface area contributed by atoms with E-state index in [4.69, 9.17) is 4.42 Å². The van der Waals surface area contributed by atoms with Crippen molar-refractivity contribution in [1.29, 1.82) is 0 Å². The Morgan fingerprint density at radius 3 is 2.67 bits per heavy atom. The Kier molecular flexibility index (Phi) is 5.16. The number of rotatable bonds is 6. The van der Waals surface area contributed by atoms with E-state index in [0.717, 1.165) is 22.7 Å². The molecule has 0 aliphatic rings. The third-order valence-electron chi connectivity index (χ3n) is 4.22. The Balaban J connectivity index is 1.67. The molecule has 0 aliphatic heterocycles. The zero-order valence-electron chi connectivity index (χ0n) is 14.9. The summed E-state index contributed by atoms with van der Waals surface area (Å²) >= 11 is 0. The van der Waals surface area contributed by atoms with Crippen molar-refractivity contribution in [3.63, 3.8) is 0 Å². The summed E-state index contributed by atoms with van der Waals surface area (Å²) in [6.07, 6.45) is 3.21. The summed E-state index contributed by atoms with van der Waals surface area (Å²) in [4.78, 5) is 22.2. The Labute approximate surface area is 155 Å². The highest BCUT2D eigenvalue weighted by Crippen LogP contribution is 2.16. The molecule has 3 rings (SSSR count). The highest BCUT2D eigenvalue weighted by Gasteiger charge is 2.10. The summed E-state index contributed by atoms with van der Waals surface area (Å²) in [5.41, 5.74) is 5.58. The largest absolute Gasteiger partial charge is 0.467 e. The van der Waals surface area contributed by atoms with Crippen LogP contribution in [0.5, 0.6) is 0 Å². The molecule has 138 valence electrons. The summed E-state index contributed by atoms with van der Waals surface area (Å²) in [6, 6.07) is 11.1. The van der Waals surface area contributed by atoms with Crippen LogP contribution in [0.3, 0.4) is 0 Å². The van der Waals surface area contributed by atoms with Crippen molar-refractivity contribution in [2.75, 3.05) is 0 Å². The van der Waals surface area contributed by atoms with Gasteiger partial charge in [-0.2, -0.15) is 5.10 Å². The molecule has 8 nitrogen and oxygen atoms in total. The van der Waals surface area contributed by atoms with Crippen LogP contribution in [0.1, 0.15) is 33.1 Å². The maximum Gasteiger partial charge on any atom is 0.271 e. The molecular weight excluding hydrogens is 348 g/mol. The minimum Gasteiger partial charge on any atom is -0.467 e. The summed E-state index contributed by atoms with van der Waals surface area (Å²) in [5, 5.41) is 14.6. The molecule has 0 unspecified atom stereocenters. The number of non-ortho nitro benzene ring substituents is 1. The van der Waals surface area contributed by atoms with Gasteiger partial charge in [0.1, 0.15) is 5.76 Å². The van der Waals surface area contributed by atoms with E-state index in [1.165, 1.54) is 24.3 Å². The third kappa shape index (κ3) is 4.12. The molecule has 8 heteroatoms. The van der Waals surface area contributed by atoms with Gasteiger partial charge >= 0.3 is 0 Å². The summed E-state index contributed by atoms with van der Waals surface area (Å²) in [6.45, 7) is 4.58. The number of aromatic nitrogens is 1. The van der Waals surface area contributed by atoms with E-state index in [0.29, 0.717) is 12.1 Å². The smallest absolute Gasteiger partial charge is 0.271 e. The Hall–Kier alpha value is -3.68. The van der Waals surface area contributed by atoms with Crippen LogP contribution in [-0.4, -0.2) is 21.6 Å². The fourth-order valence-electron chi connectivity index (χ4n) is 2.72. The lowest BCUT2D eigenvalue weighted by Gasteiger charge is -2.07. The first kappa shape index (κ1) is 18.1. The molecule has 0 saturated heterocycles. The van der Waals surface area contributed by atoms with Gasteiger partial charge < -0.3 is 8.98 Å². The lowest BCUT2D eigenvalue weighted by molar-refractivity contribution is -0.384. The number of aryl methyl sites for hydroxylation is 1. The van der Waals surface area contributed by atoms with Gasteiger partial charge in [-0.1, -0.05) is 0 Å². The van der Waals surface area contributed by atoms with Crippen molar-refractivity contribution in [1.82, 2.24) is 9.99 Å². The molecule has 0 atom stereocenters. The van der Waals surface area contributed by atoms with E-state index in [-0.39, 0.29) is 5.69 Å². The van der Waals surface area contributed by atoms with Crippen molar-refractivity contribution in [2.24, 2.45) is 5.10 Å². The molecule has 0 bridgehead atoms. The molecule has 2 aromatic heterocycles. The van der Waals surface area contributed by atoms with E-state index in [1.807, 2.05) is 32.0 Å². The van der Waals surface area contributed by atoms with E-state index < -0.39 is 10.8 Å². The van der Waals surface area contributed by atoms with Crippen LogP contribution >= 0.6 is 0 Å². The lowest BCUT2D eigenvalue weighted by atomic mass is 10.2. The van der Waals surface area contributed by atoms with Crippen molar-refractivity contribution in [3.8, 4) is 0 Å². The highest BCUT2D eigenvalue weighted by molar-refractivity contribution is 5.95. The van der Waals surface area contributed by atoms with Crippen molar-refractivity contribution in [2.45, 2.75) is 20.4 Å². The molecule has 27 heavy (non-hydrogen) atoms. The van der Waals surface area contributed by atoms with Gasteiger partial charge in [0.25, 0.3) is 11.6 Å². The highest BCUT2D eigenvalue weighted by atomic mass is 16.6.